The summed E-state index contributed by atoms with van der Waals surface area (Å²) in [5, 5.41) is 5.51. The van der Waals surface area contributed by atoms with Crippen LogP contribution in [0.25, 0.3) is 0 Å². The lowest BCUT2D eigenvalue weighted by molar-refractivity contribution is -0.115. The molecule has 5 heteroatoms. The molecule has 15 heavy (non-hydrogen) atoms. The van der Waals surface area contributed by atoms with Crippen LogP contribution in [-0.4, -0.2) is 26.6 Å². The number of benzene rings is 1. The first-order valence-electron chi connectivity index (χ1n) is 4.34. The molecule has 1 amide bonds. The minimum absolute atomic E-state index is 0. The minimum Gasteiger partial charge on any atom is -0.497 e. The smallest absolute Gasteiger partial charge is 0.238 e. The van der Waals surface area contributed by atoms with Gasteiger partial charge in [-0.1, -0.05) is 0 Å². The predicted molar refractivity (Wildman–Crippen MR) is 62.8 cm³/mol. The summed E-state index contributed by atoms with van der Waals surface area (Å²) in [5.74, 6) is 0.717. The number of hydrogen-bond acceptors (Lipinski definition) is 3. The second-order valence-corrected chi connectivity index (χ2v) is 2.81. The molecule has 84 valence electrons. The summed E-state index contributed by atoms with van der Waals surface area (Å²) in [7, 11) is 3.34. The Morgan fingerprint density at radius 2 is 1.93 bits per heavy atom. The lowest BCUT2D eigenvalue weighted by Gasteiger charge is -2.05. The van der Waals surface area contributed by atoms with Crippen LogP contribution in [0.2, 0.25) is 0 Å². The predicted octanol–water partition coefficient (Wildman–Crippen LogP) is 1.27. The van der Waals surface area contributed by atoms with Crippen molar-refractivity contribution in [3.63, 3.8) is 0 Å². The quantitative estimate of drug-likeness (QED) is 0.819. The number of ether oxygens (including phenoxy) is 1. The van der Waals surface area contributed by atoms with Crippen molar-refractivity contribution >= 4 is 24.0 Å². The van der Waals surface area contributed by atoms with Gasteiger partial charge in [0.25, 0.3) is 0 Å². The number of likely N-dealkylation sites (N-methyl/N-ethyl adjacent to an activating group) is 1. The van der Waals surface area contributed by atoms with Crippen LogP contribution in [0.3, 0.4) is 0 Å². The van der Waals surface area contributed by atoms with Crippen molar-refractivity contribution in [1.29, 1.82) is 0 Å². The zero-order valence-corrected chi connectivity index (χ0v) is 9.56. The number of methoxy groups -OCH3 is 1. The normalized spacial score (nSPS) is 8.93. The molecule has 0 atom stereocenters. The Morgan fingerprint density at radius 3 is 2.40 bits per heavy atom. The number of amides is 1. The van der Waals surface area contributed by atoms with Crippen molar-refractivity contribution in [3.05, 3.63) is 24.3 Å². The van der Waals surface area contributed by atoms with Gasteiger partial charge in [0.2, 0.25) is 5.91 Å². The topological polar surface area (TPSA) is 50.4 Å². The van der Waals surface area contributed by atoms with E-state index in [1.54, 1.807) is 38.4 Å². The average molecular weight is 231 g/mol. The Labute approximate surface area is 95.4 Å². The molecule has 0 radical (unpaired) electrons. The van der Waals surface area contributed by atoms with E-state index in [4.69, 9.17) is 4.74 Å². The maximum absolute atomic E-state index is 11.2. The third-order valence-electron chi connectivity index (χ3n) is 1.71. The molecule has 0 aromatic heterocycles. The van der Waals surface area contributed by atoms with Gasteiger partial charge in [0.05, 0.1) is 13.7 Å². The summed E-state index contributed by atoms with van der Waals surface area (Å²) in [6.07, 6.45) is 0. The molecule has 0 saturated carbocycles. The highest BCUT2D eigenvalue weighted by atomic mass is 35.5. The Hall–Kier alpha value is -1.26. The molecule has 0 fully saturated rings. The van der Waals surface area contributed by atoms with Crippen molar-refractivity contribution in [2.75, 3.05) is 26.0 Å². The van der Waals surface area contributed by atoms with E-state index in [9.17, 15) is 4.79 Å². The van der Waals surface area contributed by atoms with Gasteiger partial charge in [-0.3, -0.25) is 4.79 Å². The standard InChI is InChI=1S/C10H14N2O2.ClH/c1-11-7-10(13)12-8-3-5-9(14-2)6-4-8;/h3-6,11H,7H2,1-2H3,(H,12,13);1H. The van der Waals surface area contributed by atoms with E-state index in [-0.39, 0.29) is 18.3 Å². The summed E-state index contributed by atoms with van der Waals surface area (Å²) >= 11 is 0. The first kappa shape index (κ1) is 13.7. The molecule has 0 saturated heterocycles. The second-order valence-electron chi connectivity index (χ2n) is 2.81. The van der Waals surface area contributed by atoms with E-state index in [2.05, 4.69) is 10.6 Å². The minimum atomic E-state index is -0.0577. The largest absolute Gasteiger partial charge is 0.497 e. The highest BCUT2D eigenvalue weighted by Gasteiger charge is 1.99. The van der Waals surface area contributed by atoms with Gasteiger partial charge < -0.3 is 15.4 Å². The number of nitrogens with one attached hydrogen (secondary N) is 2. The van der Waals surface area contributed by atoms with E-state index in [0.29, 0.717) is 6.54 Å². The molecular weight excluding hydrogens is 216 g/mol. The SMILES string of the molecule is CNCC(=O)Nc1ccc(OC)cc1.Cl. The molecule has 1 aromatic carbocycles. The van der Waals surface area contributed by atoms with Crippen LogP contribution in [0.5, 0.6) is 5.75 Å². The zero-order valence-electron chi connectivity index (χ0n) is 8.74. The van der Waals surface area contributed by atoms with Gasteiger partial charge in [0, 0.05) is 5.69 Å². The van der Waals surface area contributed by atoms with E-state index in [0.717, 1.165) is 11.4 Å². The maximum Gasteiger partial charge on any atom is 0.238 e. The fraction of sp³-hybridized carbons (Fsp3) is 0.300. The molecule has 1 rings (SSSR count). The monoisotopic (exact) mass is 230 g/mol. The van der Waals surface area contributed by atoms with Crippen LogP contribution in [0.1, 0.15) is 0 Å². The van der Waals surface area contributed by atoms with Gasteiger partial charge in [-0.25, -0.2) is 0 Å². The zero-order chi connectivity index (χ0) is 10.4. The highest BCUT2D eigenvalue weighted by Crippen LogP contribution is 2.14. The Morgan fingerprint density at radius 1 is 1.33 bits per heavy atom. The number of anilines is 1. The molecule has 0 unspecified atom stereocenters. The molecule has 0 aliphatic heterocycles. The van der Waals surface area contributed by atoms with Crippen LogP contribution >= 0.6 is 12.4 Å². The van der Waals surface area contributed by atoms with Crippen molar-refractivity contribution < 1.29 is 9.53 Å². The first-order chi connectivity index (χ1) is 6.76. The van der Waals surface area contributed by atoms with Gasteiger partial charge in [0.15, 0.2) is 0 Å². The third-order valence-corrected chi connectivity index (χ3v) is 1.71. The van der Waals surface area contributed by atoms with E-state index in [1.165, 1.54) is 0 Å². The number of carbonyl (C=O) groups excluding carboxylic acids is 1. The van der Waals surface area contributed by atoms with Crippen LogP contribution in [0.15, 0.2) is 24.3 Å². The van der Waals surface area contributed by atoms with Crippen LogP contribution in [0, 0.1) is 0 Å². The summed E-state index contributed by atoms with van der Waals surface area (Å²) in [6.45, 7) is 0.312. The van der Waals surface area contributed by atoms with Gasteiger partial charge in [-0.15, -0.1) is 12.4 Å². The maximum atomic E-state index is 11.2. The van der Waals surface area contributed by atoms with Gasteiger partial charge >= 0.3 is 0 Å². The van der Waals surface area contributed by atoms with Gasteiger partial charge in [-0.05, 0) is 31.3 Å². The molecule has 0 heterocycles. The Kier molecular flexibility index (Phi) is 6.49. The van der Waals surface area contributed by atoms with Crippen molar-refractivity contribution in [2.24, 2.45) is 0 Å². The number of halogens is 1. The molecule has 0 aliphatic carbocycles. The van der Waals surface area contributed by atoms with Gasteiger partial charge in [-0.2, -0.15) is 0 Å². The molecule has 0 spiro atoms. The summed E-state index contributed by atoms with van der Waals surface area (Å²) in [4.78, 5) is 11.2. The molecule has 2 N–H and O–H groups in total. The van der Waals surface area contributed by atoms with Crippen LogP contribution in [0.4, 0.5) is 5.69 Å². The third kappa shape index (κ3) is 4.67. The summed E-state index contributed by atoms with van der Waals surface area (Å²) in [5.41, 5.74) is 0.769. The number of hydrogen-bond donors (Lipinski definition) is 2. The molecule has 4 nitrogen and oxygen atoms in total. The van der Waals surface area contributed by atoms with Crippen molar-refractivity contribution in [3.8, 4) is 5.75 Å². The molecule has 0 aliphatic rings. The van der Waals surface area contributed by atoms with E-state index in [1.807, 2.05) is 0 Å². The fourth-order valence-corrected chi connectivity index (χ4v) is 1.04. The first-order valence-corrected chi connectivity index (χ1v) is 4.34. The number of carbonyl (C=O) groups is 1. The van der Waals surface area contributed by atoms with E-state index >= 15 is 0 Å². The van der Waals surface area contributed by atoms with Crippen LogP contribution < -0.4 is 15.4 Å². The molecule has 0 bridgehead atoms. The number of rotatable bonds is 4. The van der Waals surface area contributed by atoms with Crippen molar-refractivity contribution in [1.82, 2.24) is 5.32 Å². The average Bonchev–Trinajstić information content (AvgIpc) is 2.19. The Bertz CT molecular complexity index is 301. The van der Waals surface area contributed by atoms with Gasteiger partial charge in [0.1, 0.15) is 5.75 Å². The highest BCUT2D eigenvalue weighted by molar-refractivity contribution is 5.92. The Balaban J connectivity index is 0.00000196. The lowest BCUT2D eigenvalue weighted by Crippen LogP contribution is -2.24. The molecule has 1 aromatic rings. The summed E-state index contributed by atoms with van der Waals surface area (Å²) in [6, 6.07) is 7.20. The fourth-order valence-electron chi connectivity index (χ4n) is 1.04. The molecular formula is C10H15ClN2O2. The van der Waals surface area contributed by atoms with Crippen molar-refractivity contribution in [2.45, 2.75) is 0 Å². The van der Waals surface area contributed by atoms with E-state index < -0.39 is 0 Å². The summed E-state index contributed by atoms with van der Waals surface area (Å²) < 4.78 is 5.00. The lowest BCUT2D eigenvalue weighted by atomic mass is 10.3. The second kappa shape index (κ2) is 7.09. The van der Waals surface area contributed by atoms with Crippen LogP contribution in [-0.2, 0) is 4.79 Å².